The average molecular weight is 220 g/mol. The van der Waals surface area contributed by atoms with Crippen LogP contribution in [0.1, 0.15) is 25.7 Å². The molecule has 2 fully saturated rings. The van der Waals surface area contributed by atoms with E-state index >= 15 is 0 Å². The largest absolute Gasteiger partial charge is 0.350 e. The third kappa shape index (κ3) is 0.468. The molecule has 1 unspecified atom stereocenters. The summed E-state index contributed by atoms with van der Waals surface area (Å²) in [6.07, 6.45) is 7.78. The fourth-order valence-corrected chi connectivity index (χ4v) is 2.35. The molecule has 2 saturated carbocycles. The predicted octanol–water partition coefficient (Wildman–Crippen LogP) is 2.23. The van der Waals surface area contributed by atoms with Gasteiger partial charge in [0.05, 0.1) is 0 Å². The molecule has 3 rings (SSSR count). The van der Waals surface area contributed by atoms with E-state index in [2.05, 4.69) is 11.8 Å². The second kappa shape index (κ2) is 1.78. The molecule has 0 bridgehead atoms. The van der Waals surface area contributed by atoms with Crippen LogP contribution in [0.5, 0.6) is 0 Å². The molecule has 55 valence electrons. The van der Waals surface area contributed by atoms with E-state index < -0.39 is 0 Å². The fourth-order valence-electron chi connectivity index (χ4n) is 2.35. The minimum atomic E-state index is 0. The summed E-state index contributed by atoms with van der Waals surface area (Å²) in [7, 11) is 0. The number of hydrogen-bond acceptors (Lipinski definition) is 0. The van der Waals surface area contributed by atoms with Gasteiger partial charge in [-0.1, -0.05) is 24.7 Å². The van der Waals surface area contributed by atoms with E-state index in [1.807, 2.05) is 0 Å². The molecule has 1 spiro atoms. The van der Waals surface area contributed by atoms with Crippen molar-refractivity contribution in [2.45, 2.75) is 25.7 Å². The van der Waals surface area contributed by atoms with Crippen LogP contribution < -0.4 is 0 Å². The number of hydrogen-bond donors (Lipinski definition) is 0. The summed E-state index contributed by atoms with van der Waals surface area (Å²) in [6, 6.07) is 0. The molecular weight excluding hydrogens is 211 g/mol. The zero-order valence-corrected chi connectivity index (χ0v) is 7.38. The Morgan fingerprint density at radius 2 is 2.40 bits per heavy atom. The first-order chi connectivity index (χ1) is 4.42. The Balaban J connectivity index is 0.000000403. The van der Waals surface area contributed by atoms with Gasteiger partial charge in [0, 0.05) is 19.5 Å². The van der Waals surface area contributed by atoms with E-state index in [4.69, 9.17) is 0 Å². The van der Waals surface area contributed by atoms with E-state index in [0.29, 0.717) is 5.41 Å². The van der Waals surface area contributed by atoms with Gasteiger partial charge < -0.3 is 5.73 Å². The summed E-state index contributed by atoms with van der Waals surface area (Å²) < 4.78 is 0. The maximum atomic E-state index is 3.36. The number of rotatable bonds is 0. The molecule has 0 heterocycles. The molecule has 3 aliphatic rings. The van der Waals surface area contributed by atoms with Gasteiger partial charge in [0.2, 0.25) is 0 Å². The molecule has 0 aliphatic heterocycles. The Kier molecular flexibility index (Phi) is 1.20. The second-order valence-corrected chi connectivity index (χ2v) is 3.37. The summed E-state index contributed by atoms with van der Waals surface area (Å²) in [5.41, 5.74) is 5.62. The average Bonchev–Trinajstić information content (AvgIpc) is 1.85. The van der Waals surface area contributed by atoms with Crippen molar-refractivity contribution in [1.82, 2.24) is 0 Å². The van der Waals surface area contributed by atoms with Crippen LogP contribution in [0, 0.1) is 11.3 Å². The van der Waals surface area contributed by atoms with E-state index in [1.54, 1.807) is 11.5 Å². The first-order valence-electron chi connectivity index (χ1n) is 3.74. The van der Waals surface area contributed by atoms with Crippen LogP contribution in [0.25, 0.3) is 0 Å². The van der Waals surface area contributed by atoms with Crippen molar-refractivity contribution in [3.05, 3.63) is 23.3 Å². The summed E-state index contributed by atoms with van der Waals surface area (Å²) in [4.78, 5) is 0. The minimum Gasteiger partial charge on any atom is -0.350 e. The molecule has 1 radical (unpaired) electrons. The van der Waals surface area contributed by atoms with Crippen molar-refractivity contribution in [2.75, 3.05) is 0 Å². The third-order valence-electron chi connectivity index (χ3n) is 3.24. The van der Waals surface area contributed by atoms with Gasteiger partial charge in [-0.3, -0.25) is 0 Å². The van der Waals surface area contributed by atoms with E-state index in [9.17, 15) is 0 Å². The standard InChI is InChI=1S/C9H9.Rh/c1-2-8-4-6-9(8)5-3-7(1)9;/h1H,3-6H2;/q-1;. The summed E-state index contributed by atoms with van der Waals surface area (Å²) in [6.45, 7) is 0. The van der Waals surface area contributed by atoms with Crippen molar-refractivity contribution >= 4 is 0 Å². The van der Waals surface area contributed by atoms with Gasteiger partial charge in [0.1, 0.15) is 0 Å². The van der Waals surface area contributed by atoms with Crippen molar-refractivity contribution in [3.63, 3.8) is 0 Å². The second-order valence-electron chi connectivity index (χ2n) is 3.37. The van der Waals surface area contributed by atoms with Gasteiger partial charge in [-0.05, 0) is 6.42 Å². The third-order valence-corrected chi connectivity index (χ3v) is 3.24. The first-order valence-corrected chi connectivity index (χ1v) is 3.74. The molecule has 1 heteroatoms. The smallest absolute Gasteiger partial charge is 0 e. The van der Waals surface area contributed by atoms with Crippen LogP contribution >= 0.6 is 0 Å². The predicted molar refractivity (Wildman–Crippen MR) is 35.7 cm³/mol. The van der Waals surface area contributed by atoms with E-state index in [1.165, 1.54) is 25.7 Å². The summed E-state index contributed by atoms with van der Waals surface area (Å²) in [5, 5.41) is 0. The maximum Gasteiger partial charge on any atom is 0 e. The van der Waals surface area contributed by atoms with Gasteiger partial charge in [-0.25, -0.2) is 12.0 Å². The minimum absolute atomic E-state index is 0. The van der Waals surface area contributed by atoms with E-state index in [-0.39, 0.29) is 19.5 Å². The summed E-state index contributed by atoms with van der Waals surface area (Å²) >= 11 is 0. The number of allylic oxidation sites excluding steroid dienone is 1. The Hall–Kier alpha value is 0.0134. The molecule has 3 aliphatic carbocycles. The van der Waals surface area contributed by atoms with Crippen molar-refractivity contribution in [2.24, 2.45) is 5.41 Å². The molecule has 10 heavy (non-hydrogen) atoms. The zero-order chi connectivity index (χ0) is 5.90. The SMILES string of the molecule is C1=C[C-]2CCC23CCC=13.[Rh]. The van der Waals surface area contributed by atoms with Gasteiger partial charge in [0.25, 0.3) is 0 Å². The maximum absolute atomic E-state index is 3.36. The van der Waals surface area contributed by atoms with Gasteiger partial charge in [0.15, 0.2) is 0 Å². The molecule has 0 amide bonds. The van der Waals surface area contributed by atoms with Crippen molar-refractivity contribution < 1.29 is 19.5 Å². The molecular formula is C9H9Rh-. The van der Waals surface area contributed by atoms with Crippen molar-refractivity contribution in [3.8, 4) is 0 Å². The molecule has 0 aromatic heterocycles. The molecule has 0 aromatic carbocycles. The molecule has 0 nitrogen and oxygen atoms in total. The molecule has 0 aromatic rings. The van der Waals surface area contributed by atoms with Gasteiger partial charge in [-0.2, -0.15) is 0 Å². The van der Waals surface area contributed by atoms with Crippen LogP contribution in [-0.2, 0) is 19.5 Å². The van der Waals surface area contributed by atoms with Gasteiger partial charge in [-0.15, -0.1) is 5.57 Å². The molecule has 1 atom stereocenters. The van der Waals surface area contributed by atoms with Crippen LogP contribution in [-0.4, -0.2) is 0 Å². The first kappa shape index (κ1) is 6.71. The van der Waals surface area contributed by atoms with Crippen LogP contribution in [0.4, 0.5) is 0 Å². The van der Waals surface area contributed by atoms with Crippen molar-refractivity contribution in [1.29, 1.82) is 0 Å². The Labute approximate surface area is 74.1 Å². The van der Waals surface area contributed by atoms with Crippen LogP contribution in [0.3, 0.4) is 0 Å². The quantitative estimate of drug-likeness (QED) is 0.333. The van der Waals surface area contributed by atoms with Gasteiger partial charge >= 0.3 is 0 Å². The topological polar surface area (TPSA) is 0 Å². The molecule has 0 N–H and O–H groups in total. The zero-order valence-electron chi connectivity index (χ0n) is 5.74. The fraction of sp³-hybridized carbons (Fsp3) is 0.556. The van der Waals surface area contributed by atoms with Crippen LogP contribution in [0.15, 0.2) is 17.4 Å². The molecule has 0 saturated heterocycles. The monoisotopic (exact) mass is 220 g/mol. The Morgan fingerprint density at radius 3 is 2.70 bits per heavy atom. The summed E-state index contributed by atoms with van der Waals surface area (Å²) in [5.74, 6) is 1.68. The Morgan fingerprint density at radius 1 is 1.50 bits per heavy atom. The van der Waals surface area contributed by atoms with E-state index in [0.717, 1.165) is 0 Å². The normalized spacial score (nSPS) is 38.4. The van der Waals surface area contributed by atoms with Crippen LogP contribution in [0.2, 0.25) is 0 Å². The Bertz CT molecular complexity index is 231.